The van der Waals surface area contributed by atoms with Gasteiger partial charge in [-0.1, -0.05) is 12.2 Å². The summed E-state index contributed by atoms with van der Waals surface area (Å²) in [6, 6.07) is 0. The Balaban J connectivity index is 2.41. The first kappa shape index (κ1) is 10.5. The second-order valence-electron chi connectivity index (χ2n) is 2.34. The summed E-state index contributed by atoms with van der Waals surface area (Å²) < 4.78 is 0. The Labute approximate surface area is 86.5 Å². The first-order valence-electron chi connectivity index (χ1n) is 3.98. The van der Waals surface area contributed by atoms with Crippen molar-refractivity contribution in [2.45, 2.75) is 13.3 Å². The van der Waals surface area contributed by atoms with Gasteiger partial charge in [-0.25, -0.2) is 4.99 Å². The van der Waals surface area contributed by atoms with Crippen LogP contribution in [0.15, 0.2) is 39.4 Å². The first-order valence-corrected chi connectivity index (χ1v) is 6.13. The second-order valence-corrected chi connectivity index (χ2v) is 4.57. The van der Waals surface area contributed by atoms with Crippen molar-refractivity contribution in [3.63, 3.8) is 0 Å². The third-order valence-electron chi connectivity index (χ3n) is 1.36. The van der Waals surface area contributed by atoms with Gasteiger partial charge in [0.2, 0.25) is 0 Å². The van der Waals surface area contributed by atoms with Crippen LogP contribution in [0.1, 0.15) is 13.3 Å². The van der Waals surface area contributed by atoms with Crippen LogP contribution in [0.25, 0.3) is 0 Å². The predicted molar refractivity (Wildman–Crippen MR) is 63.5 cm³/mol. The molecule has 13 heavy (non-hydrogen) atoms. The molecule has 0 aromatic carbocycles. The number of hydrogen-bond donors (Lipinski definition) is 1. The first-order chi connectivity index (χ1) is 6.33. The van der Waals surface area contributed by atoms with E-state index in [-0.39, 0.29) is 0 Å². The summed E-state index contributed by atoms with van der Waals surface area (Å²) in [4.78, 5) is 4.24. The highest BCUT2D eigenvalue weighted by molar-refractivity contribution is 8.79. The van der Waals surface area contributed by atoms with E-state index in [0.29, 0.717) is 0 Å². The molecule has 0 fully saturated rings. The lowest BCUT2D eigenvalue weighted by Crippen LogP contribution is -1.87. The summed E-state index contributed by atoms with van der Waals surface area (Å²) in [5, 5.41) is 1.83. The van der Waals surface area contributed by atoms with Crippen LogP contribution in [-0.4, -0.2) is 6.21 Å². The van der Waals surface area contributed by atoms with Gasteiger partial charge in [-0.3, -0.25) is 0 Å². The molecule has 2 N–H and O–H groups in total. The fourth-order valence-corrected chi connectivity index (χ4v) is 2.38. The zero-order valence-corrected chi connectivity index (χ0v) is 9.07. The Morgan fingerprint density at radius 1 is 1.69 bits per heavy atom. The molecule has 2 nitrogen and oxygen atoms in total. The van der Waals surface area contributed by atoms with Crippen LogP contribution in [0.5, 0.6) is 0 Å². The molecule has 0 aromatic rings. The predicted octanol–water partition coefficient (Wildman–Crippen LogP) is 3.06. The van der Waals surface area contributed by atoms with Gasteiger partial charge in [-0.15, -0.1) is 0 Å². The monoisotopic (exact) mass is 212 g/mol. The minimum Gasteiger partial charge on any atom is -0.393 e. The number of hydrogen-bond acceptors (Lipinski definition) is 4. The van der Waals surface area contributed by atoms with Gasteiger partial charge < -0.3 is 5.73 Å². The molecule has 0 saturated carbocycles. The van der Waals surface area contributed by atoms with Gasteiger partial charge in [0, 0.05) is 6.21 Å². The summed E-state index contributed by atoms with van der Waals surface area (Å²) in [5.41, 5.74) is 5.64. The van der Waals surface area contributed by atoms with E-state index >= 15 is 0 Å². The van der Waals surface area contributed by atoms with Crippen LogP contribution < -0.4 is 5.73 Å². The highest BCUT2D eigenvalue weighted by Crippen LogP contribution is 2.34. The van der Waals surface area contributed by atoms with E-state index in [4.69, 9.17) is 5.73 Å². The maximum Gasteiger partial charge on any atom is 0.103 e. The molecule has 1 rings (SSSR count). The molecule has 1 aliphatic heterocycles. The molecule has 70 valence electrons. The zero-order chi connectivity index (χ0) is 9.52. The maximum atomic E-state index is 5.64. The molecule has 0 bridgehead atoms. The molecule has 0 atom stereocenters. The Morgan fingerprint density at radius 2 is 2.54 bits per heavy atom. The number of allylic oxidation sites excluding steroid dienone is 4. The van der Waals surface area contributed by atoms with Gasteiger partial charge in [-0.05, 0) is 47.1 Å². The Hall–Kier alpha value is -0.610. The van der Waals surface area contributed by atoms with E-state index < -0.39 is 0 Å². The average Bonchev–Trinajstić information content (AvgIpc) is 2.42. The normalized spacial score (nSPS) is 17.0. The third kappa shape index (κ3) is 4.24. The van der Waals surface area contributed by atoms with Gasteiger partial charge in [-0.2, -0.15) is 0 Å². The summed E-state index contributed by atoms with van der Waals surface area (Å²) in [6.07, 6.45) is 10.7. The van der Waals surface area contributed by atoms with Crippen molar-refractivity contribution in [3.8, 4) is 0 Å². The number of nitrogens with zero attached hydrogens (tertiary/aromatic N) is 1. The lowest BCUT2D eigenvalue weighted by atomic mass is 10.4. The summed E-state index contributed by atoms with van der Waals surface area (Å²) in [7, 11) is 3.13. The molecule has 1 heterocycles. The van der Waals surface area contributed by atoms with Gasteiger partial charge in [0.1, 0.15) is 5.03 Å². The van der Waals surface area contributed by atoms with Crippen molar-refractivity contribution in [1.82, 2.24) is 0 Å². The maximum absolute atomic E-state index is 5.64. The average molecular weight is 212 g/mol. The molecule has 0 aromatic heterocycles. The number of rotatable bonds is 3. The summed E-state index contributed by atoms with van der Waals surface area (Å²) in [6.45, 7) is 1.93. The molecular formula is C9H12N2S2. The standard InChI is InChI=1S/C9H12N2S2/c1-2-8(10)12-13-9-6-4-3-5-7-11-9/h2-3,5-7H,4,10H2,1H3/b8-2+. The largest absolute Gasteiger partial charge is 0.393 e. The van der Waals surface area contributed by atoms with E-state index in [1.54, 1.807) is 17.0 Å². The molecule has 0 aliphatic carbocycles. The van der Waals surface area contributed by atoms with Crippen molar-refractivity contribution < 1.29 is 0 Å². The van der Waals surface area contributed by atoms with Crippen molar-refractivity contribution in [3.05, 3.63) is 34.4 Å². The highest BCUT2D eigenvalue weighted by Gasteiger charge is 1.98. The Kier molecular flexibility index (Phi) is 4.78. The summed E-state index contributed by atoms with van der Waals surface area (Å²) in [5.74, 6) is 0. The smallest absolute Gasteiger partial charge is 0.103 e. The molecule has 0 spiro atoms. The van der Waals surface area contributed by atoms with Gasteiger partial charge in [0.05, 0.1) is 5.03 Å². The van der Waals surface area contributed by atoms with Gasteiger partial charge in [0.15, 0.2) is 0 Å². The zero-order valence-electron chi connectivity index (χ0n) is 7.43. The molecule has 4 heteroatoms. The van der Waals surface area contributed by atoms with Gasteiger partial charge in [0.25, 0.3) is 0 Å². The summed E-state index contributed by atoms with van der Waals surface area (Å²) >= 11 is 0. The van der Waals surface area contributed by atoms with Crippen LogP contribution >= 0.6 is 21.6 Å². The molecule has 0 unspecified atom stereocenters. The van der Waals surface area contributed by atoms with Gasteiger partial charge >= 0.3 is 0 Å². The molecule has 1 aliphatic rings. The topological polar surface area (TPSA) is 38.4 Å². The molecule has 0 saturated heterocycles. The van der Waals surface area contributed by atoms with Crippen molar-refractivity contribution in [2.24, 2.45) is 10.7 Å². The third-order valence-corrected chi connectivity index (χ3v) is 3.65. The van der Waals surface area contributed by atoms with E-state index in [9.17, 15) is 0 Å². The van der Waals surface area contributed by atoms with Crippen molar-refractivity contribution in [2.75, 3.05) is 0 Å². The van der Waals surface area contributed by atoms with E-state index in [1.165, 1.54) is 10.8 Å². The lowest BCUT2D eigenvalue weighted by Gasteiger charge is -1.99. The van der Waals surface area contributed by atoms with Crippen molar-refractivity contribution in [1.29, 1.82) is 0 Å². The van der Waals surface area contributed by atoms with Crippen LogP contribution in [0.2, 0.25) is 0 Å². The number of nitrogens with two attached hydrogens (primary N) is 1. The number of aliphatic imine (C=N–C) groups is 1. The molecule has 0 amide bonds. The fraction of sp³-hybridized carbons (Fsp3) is 0.222. The van der Waals surface area contributed by atoms with E-state index in [0.717, 1.165) is 16.5 Å². The quantitative estimate of drug-likeness (QED) is 0.731. The van der Waals surface area contributed by atoms with Crippen molar-refractivity contribution >= 4 is 27.8 Å². The Morgan fingerprint density at radius 3 is 3.31 bits per heavy atom. The fourth-order valence-electron chi connectivity index (χ4n) is 0.672. The molecule has 0 radical (unpaired) electrons. The van der Waals surface area contributed by atoms with Crippen LogP contribution in [-0.2, 0) is 0 Å². The van der Waals surface area contributed by atoms with Crippen LogP contribution in [0, 0.1) is 0 Å². The highest BCUT2D eigenvalue weighted by atomic mass is 33.1. The van der Waals surface area contributed by atoms with E-state index in [2.05, 4.69) is 17.1 Å². The minimum atomic E-state index is 0.818. The minimum absolute atomic E-state index is 0.818. The molecular weight excluding hydrogens is 200 g/mol. The second kappa shape index (κ2) is 5.94. The Bertz CT molecular complexity index is 277. The van der Waals surface area contributed by atoms with Crippen LogP contribution in [0.4, 0.5) is 0 Å². The van der Waals surface area contributed by atoms with E-state index in [1.807, 2.05) is 19.1 Å². The van der Waals surface area contributed by atoms with Crippen LogP contribution in [0.3, 0.4) is 0 Å². The lowest BCUT2D eigenvalue weighted by molar-refractivity contribution is 1.37. The SMILES string of the molecule is C/C=C(\N)SSC1=CCC=CC=N1.